The van der Waals surface area contributed by atoms with Gasteiger partial charge in [0.1, 0.15) is 5.69 Å². The number of aryl methyl sites for hydroxylation is 1. The zero-order valence-electron chi connectivity index (χ0n) is 8.99. The van der Waals surface area contributed by atoms with E-state index in [9.17, 15) is 4.79 Å². The molecule has 0 atom stereocenters. The van der Waals surface area contributed by atoms with Crippen molar-refractivity contribution < 1.29 is 9.53 Å². The van der Waals surface area contributed by atoms with Crippen LogP contribution < -0.4 is 5.32 Å². The summed E-state index contributed by atoms with van der Waals surface area (Å²) in [5.74, 6) is -0.122. The SMILES string of the molecule is Cn1cnc(C(=O)NCC2(C)COC2)c1. The average Bonchev–Trinajstić information content (AvgIpc) is 2.58. The molecule has 0 aliphatic carbocycles. The van der Waals surface area contributed by atoms with Gasteiger partial charge < -0.3 is 14.6 Å². The summed E-state index contributed by atoms with van der Waals surface area (Å²) in [7, 11) is 1.84. The number of amides is 1. The van der Waals surface area contributed by atoms with E-state index in [4.69, 9.17) is 4.74 Å². The predicted octanol–water partition coefficient (Wildman–Crippen LogP) is 0.186. The summed E-state index contributed by atoms with van der Waals surface area (Å²) in [5.41, 5.74) is 0.561. The summed E-state index contributed by atoms with van der Waals surface area (Å²) < 4.78 is 6.86. The fraction of sp³-hybridized carbons (Fsp3) is 0.600. The lowest BCUT2D eigenvalue weighted by molar-refractivity contribution is -0.0978. The third-order valence-corrected chi connectivity index (χ3v) is 2.51. The van der Waals surface area contributed by atoms with E-state index in [1.807, 2.05) is 7.05 Å². The molecule has 5 heteroatoms. The monoisotopic (exact) mass is 209 g/mol. The maximum atomic E-state index is 11.6. The first kappa shape index (κ1) is 10.2. The van der Waals surface area contributed by atoms with Crippen LogP contribution in [0.3, 0.4) is 0 Å². The highest BCUT2D eigenvalue weighted by Crippen LogP contribution is 2.25. The lowest BCUT2D eigenvalue weighted by Gasteiger charge is -2.37. The normalized spacial score (nSPS) is 18.3. The molecule has 1 aromatic rings. The minimum Gasteiger partial charge on any atom is -0.380 e. The molecule has 0 unspecified atom stereocenters. The van der Waals surface area contributed by atoms with E-state index in [0.717, 1.165) is 13.2 Å². The summed E-state index contributed by atoms with van der Waals surface area (Å²) in [5, 5.41) is 2.86. The van der Waals surface area contributed by atoms with E-state index in [1.54, 1.807) is 17.1 Å². The number of rotatable bonds is 3. The Bertz CT molecular complexity index is 368. The highest BCUT2D eigenvalue weighted by atomic mass is 16.5. The second-order valence-corrected chi connectivity index (χ2v) is 4.41. The van der Waals surface area contributed by atoms with Gasteiger partial charge in [-0.2, -0.15) is 0 Å². The van der Waals surface area contributed by atoms with Crippen molar-refractivity contribution in [1.29, 1.82) is 0 Å². The Hall–Kier alpha value is -1.36. The van der Waals surface area contributed by atoms with Crippen molar-refractivity contribution in [3.8, 4) is 0 Å². The molecule has 5 nitrogen and oxygen atoms in total. The van der Waals surface area contributed by atoms with E-state index >= 15 is 0 Å². The molecule has 1 N–H and O–H groups in total. The topological polar surface area (TPSA) is 56.2 Å². The van der Waals surface area contributed by atoms with E-state index in [2.05, 4.69) is 17.2 Å². The molecule has 0 spiro atoms. The zero-order valence-corrected chi connectivity index (χ0v) is 8.99. The Morgan fingerprint density at radius 2 is 2.47 bits per heavy atom. The third-order valence-electron chi connectivity index (χ3n) is 2.51. The highest BCUT2D eigenvalue weighted by Gasteiger charge is 2.33. The molecule has 2 rings (SSSR count). The van der Waals surface area contributed by atoms with Gasteiger partial charge in [-0.3, -0.25) is 4.79 Å². The lowest BCUT2D eigenvalue weighted by Crippen LogP contribution is -2.48. The van der Waals surface area contributed by atoms with Crippen LogP contribution in [0, 0.1) is 5.41 Å². The van der Waals surface area contributed by atoms with Crippen LogP contribution in [0.4, 0.5) is 0 Å². The van der Waals surface area contributed by atoms with Crippen LogP contribution in [-0.2, 0) is 11.8 Å². The highest BCUT2D eigenvalue weighted by molar-refractivity contribution is 5.92. The second kappa shape index (κ2) is 3.66. The van der Waals surface area contributed by atoms with Crippen LogP contribution in [0.25, 0.3) is 0 Å². The molecule has 1 amide bonds. The molecule has 1 aromatic heterocycles. The number of nitrogens with zero attached hydrogens (tertiary/aromatic N) is 2. The first-order valence-corrected chi connectivity index (χ1v) is 4.93. The summed E-state index contributed by atoms with van der Waals surface area (Å²) in [6, 6.07) is 0. The summed E-state index contributed by atoms with van der Waals surface area (Å²) in [4.78, 5) is 15.6. The minimum absolute atomic E-state index is 0.102. The number of nitrogens with one attached hydrogen (secondary N) is 1. The summed E-state index contributed by atoms with van der Waals surface area (Å²) >= 11 is 0. The molecule has 2 heterocycles. The first-order chi connectivity index (χ1) is 7.09. The first-order valence-electron chi connectivity index (χ1n) is 4.93. The van der Waals surface area contributed by atoms with Crippen LogP contribution in [0.5, 0.6) is 0 Å². The van der Waals surface area contributed by atoms with Gasteiger partial charge in [-0.25, -0.2) is 4.98 Å². The third kappa shape index (κ3) is 2.18. The molecular weight excluding hydrogens is 194 g/mol. The number of hydrogen-bond acceptors (Lipinski definition) is 3. The number of carbonyl (C=O) groups excluding carboxylic acids is 1. The predicted molar refractivity (Wildman–Crippen MR) is 54.5 cm³/mol. The largest absolute Gasteiger partial charge is 0.380 e. The summed E-state index contributed by atoms with van der Waals surface area (Å²) in [6.07, 6.45) is 3.32. The Labute approximate surface area is 88.4 Å². The zero-order chi connectivity index (χ0) is 10.9. The number of ether oxygens (including phenoxy) is 1. The maximum Gasteiger partial charge on any atom is 0.271 e. The molecule has 0 bridgehead atoms. The Morgan fingerprint density at radius 1 is 1.73 bits per heavy atom. The van der Waals surface area contributed by atoms with Gasteiger partial charge >= 0.3 is 0 Å². The number of imidazole rings is 1. The van der Waals surface area contributed by atoms with Gasteiger partial charge in [-0.05, 0) is 0 Å². The van der Waals surface area contributed by atoms with Gasteiger partial charge in [0.05, 0.1) is 19.5 Å². The van der Waals surface area contributed by atoms with E-state index in [-0.39, 0.29) is 11.3 Å². The Kier molecular flexibility index (Phi) is 2.48. The van der Waals surface area contributed by atoms with Crippen molar-refractivity contribution in [3.05, 3.63) is 18.2 Å². The molecule has 0 aromatic carbocycles. The molecule has 15 heavy (non-hydrogen) atoms. The standard InChI is InChI=1S/C10H15N3O2/c1-10(5-15-6-10)4-11-9(14)8-3-13(2)7-12-8/h3,7H,4-6H2,1-2H3,(H,11,14). The lowest BCUT2D eigenvalue weighted by atomic mass is 9.89. The van der Waals surface area contributed by atoms with Crippen molar-refractivity contribution in [1.82, 2.24) is 14.9 Å². The van der Waals surface area contributed by atoms with Gasteiger partial charge in [-0.1, -0.05) is 6.92 Å². The number of hydrogen-bond donors (Lipinski definition) is 1. The minimum atomic E-state index is -0.122. The van der Waals surface area contributed by atoms with Crippen LogP contribution in [0.1, 0.15) is 17.4 Å². The molecule has 0 saturated carbocycles. The van der Waals surface area contributed by atoms with Crippen molar-refractivity contribution in [2.75, 3.05) is 19.8 Å². The van der Waals surface area contributed by atoms with Gasteiger partial charge in [0.15, 0.2) is 0 Å². The fourth-order valence-corrected chi connectivity index (χ4v) is 1.47. The number of carbonyl (C=O) groups is 1. The van der Waals surface area contributed by atoms with E-state index < -0.39 is 0 Å². The van der Waals surface area contributed by atoms with Gasteiger partial charge in [0, 0.05) is 25.2 Å². The Morgan fingerprint density at radius 3 is 2.93 bits per heavy atom. The molecule has 82 valence electrons. The van der Waals surface area contributed by atoms with E-state index in [0.29, 0.717) is 12.2 Å². The summed E-state index contributed by atoms with van der Waals surface area (Å²) in [6.45, 7) is 4.17. The molecule has 0 radical (unpaired) electrons. The van der Waals surface area contributed by atoms with Crippen molar-refractivity contribution >= 4 is 5.91 Å². The van der Waals surface area contributed by atoms with Crippen LogP contribution in [-0.4, -0.2) is 35.2 Å². The van der Waals surface area contributed by atoms with Crippen molar-refractivity contribution in [2.45, 2.75) is 6.92 Å². The maximum absolute atomic E-state index is 11.6. The van der Waals surface area contributed by atoms with Crippen LogP contribution in [0.2, 0.25) is 0 Å². The average molecular weight is 209 g/mol. The fourth-order valence-electron chi connectivity index (χ4n) is 1.47. The van der Waals surface area contributed by atoms with Gasteiger partial charge in [-0.15, -0.1) is 0 Å². The van der Waals surface area contributed by atoms with Crippen molar-refractivity contribution in [3.63, 3.8) is 0 Å². The smallest absolute Gasteiger partial charge is 0.271 e. The molecule has 1 aliphatic rings. The van der Waals surface area contributed by atoms with E-state index in [1.165, 1.54) is 0 Å². The van der Waals surface area contributed by atoms with Gasteiger partial charge in [0.2, 0.25) is 0 Å². The van der Waals surface area contributed by atoms with Crippen LogP contribution in [0.15, 0.2) is 12.5 Å². The molecular formula is C10H15N3O2. The van der Waals surface area contributed by atoms with Crippen LogP contribution >= 0.6 is 0 Å². The number of aromatic nitrogens is 2. The molecule has 1 aliphatic heterocycles. The Balaban J connectivity index is 1.87. The van der Waals surface area contributed by atoms with Crippen molar-refractivity contribution in [2.24, 2.45) is 12.5 Å². The molecule has 1 saturated heterocycles. The second-order valence-electron chi connectivity index (χ2n) is 4.41. The molecule has 1 fully saturated rings. The van der Waals surface area contributed by atoms with Gasteiger partial charge in [0.25, 0.3) is 5.91 Å². The quantitative estimate of drug-likeness (QED) is 0.773.